The lowest BCUT2D eigenvalue weighted by Crippen LogP contribution is -2.21. The molecule has 2 aromatic carbocycles. The lowest BCUT2D eigenvalue weighted by molar-refractivity contribution is -0.119. The van der Waals surface area contributed by atoms with E-state index in [0.29, 0.717) is 17.2 Å². The van der Waals surface area contributed by atoms with Gasteiger partial charge in [-0.05, 0) is 30.3 Å². The summed E-state index contributed by atoms with van der Waals surface area (Å²) in [5.74, 6) is -1.08. The maximum atomic E-state index is 13.1. The largest absolute Gasteiger partial charge is 0.497 e. The molecule has 0 heterocycles. The van der Waals surface area contributed by atoms with Crippen molar-refractivity contribution in [3.05, 3.63) is 52.8 Å². The molecule has 0 saturated heterocycles. The monoisotopic (exact) mass is 367 g/mol. The van der Waals surface area contributed by atoms with E-state index in [9.17, 15) is 14.0 Å². The van der Waals surface area contributed by atoms with E-state index >= 15 is 0 Å². The molecule has 0 aliphatic carbocycles. The maximum Gasteiger partial charge on any atom is 0.338 e. The smallest absolute Gasteiger partial charge is 0.338 e. The van der Waals surface area contributed by atoms with Crippen molar-refractivity contribution in [3.8, 4) is 11.5 Å². The van der Waals surface area contributed by atoms with E-state index in [2.05, 4.69) is 5.32 Å². The molecule has 0 aromatic heterocycles. The summed E-state index contributed by atoms with van der Waals surface area (Å²) in [7, 11) is 2.94. The summed E-state index contributed by atoms with van der Waals surface area (Å²) in [6.45, 7) is -0.534. The van der Waals surface area contributed by atoms with Crippen LogP contribution >= 0.6 is 11.6 Å². The molecule has 0 atom stereocenters. The number of halogens is 2. The fraction of sp³-hybridized carbons (Fsp3) is 0.176. The molecule has 8 heteroatoms. The number of hydrogen-bond donors (Lipinski definition) is 1. The Hall–Kier alpha value is -2.80. The quantitative estimate of drug-likeness (QED) is 0.793. The number of nitrogens with one attached hydrogen (secondary N) is 1. The summed E-state index contributed by atoms with van der Waals surface area (Å²) >= 11 is 5.60. The zero-order chi connectivity index (χ0) is 18.4. The normalized spacial score (nSPS) is 10.1. The highest BCUT2D eigenvalue weighted by molar-refractivity contribution is 6.31. The molecule has 2 aromatic rings. The first kappa shape index (κ1) is 18.5. The van der Waals surface area contributed by atoms with Crippen LogP contribution in [0.1, 0.15) is 10.4 Å². The minimum absolute atomic E-state index is 0.0400. The summed E-state index contributed by atoms with van der Waals surface area (Å²) in [6, 6.07) is 8.25. The Morgan fingerprint density at radius 1 is 1.12 bits per heavy atom. The second-order valence-electron chi connectivity index (χ2n) is 4.82. The highest BCUT2D eigenvalue weighted by atomic mass is 35.5. The Balaban J connectivity index is 1.98. The third-order valence-electron chi connectivity index (χ3n) is 3.17. The Kier molecular flexibility index (Phi) is 6.19. The molecule has 0 fully saturated rings. The minimum atomic E-state index is -0.797. The molecule has 0 spiro atoms. The van der Waals surface area contributed by atoms with Gasteiger partial charge in [-0.25, -0.2) is 9.18 Å². The minimum Gasteiger partial charge on any atom is -0.497 e. The number of carbonyl (C=O) groups is 2. The summed E-state index contributed by atoms with van der Waals surface area (Å²) in [4.78, 5) is 23.8. The standard InChI is InChI=1S/C17H15ClFNO5/c1-23-11-4-6-15(24-2)14(8-11)20-16(21)9-25-17(22)10-3-5-13(19)12(18)7-10/h3-8H,9H2,1-2H3,(H,20,21). The second-order valence-corrected chi connectivity index (χ2v) is 5.23. The van der Waals surface area contributed by atoms with Crippen LogP contribution in [0.15, 0.2) is 36.4 Å². The van der Waals surface area contributed by atoms with Crippen molar-refractivity contribution < 1.29 is 28.2 Å². The Labute approximate surface area is 148 Å². The average Bonchev–Trinajstić information content (AvgIpc) is 2.61. The molecular formula is C17H15ClFNO5. The van der Waals surface area contributed by atoms with Gasteiger partial charge in [0, 0.05) is 6.07 Å². The van der Waals surface area contributed by atoms with E-state index in [0.717, 1.165) is 12.1 Å². The Morgan fingerprint density at radius 2 is 1.88 bits per heavy atom. The van der Waals surface area contributed by atoms with Crippen molar-refractivity contribution in [2.24, 2.45) is 0 Å². The molecule has 1 amide bonds. The van der Waals surface area contributed by atoms with E-state index in [1.54, 1.807) is 18.2 Å². The van der Waals surface area contributed by atoms with E-state index in [4.69, 9.17) is 25.8 Å². The molecular weight excluding hydrogens is 353 g/mol. The molecule has 0 saturated carbocycles. The maximum absolute atomic E-state index is 13.1. The number of amides is 1. The van der Waals surface area contributed by atoms with Crippen molar-refractivity contribution in [3.63, 3.8) is 0 Å². The van der Waals surface area contributed by atoms with Crippen LogP contribution < -0.4 is 14.8 Å². The molecule has 0 radical (unpaired) electrons. The third-order valence-corrected chi connectivity index (χ3v) is 3.46. The summed E-state index contributed by atoms with van der Waals surface area (Å²) in [6.07, 6.45) is 0. The predicted octanol–water partition coefficient (Wildman–Crippen LogP) is 3.29. The molecule has 132 valence electrons. The SMILES string of the molecule is COc1ccc(OC)c(NC(=O)COC(=O)c2ccc(F)c(Cl)c2)c1. The molecule has 0 bridgehead atoms. The first-order chi connectivity index (χ1) is 11.9. The van der Waals surface area contributed by atoms with Gasteiger partial charge in [0.05, 0.1) is 30.5 Å². The molecule has 0 aliphatic heterocycles. The number of ether oxygens (including phenoxy) is 3. The van der Waals surface area contributed by atoms with Crippen molar-refractivity contribution in [1.82, 2.24) is 0 Å². The van der Waals surface area contributed by atoms with Crippen LogP contribution in [0.4, 0.5) is 10.1 Å². The number of hydrogen-bond acceptors (Lipinski definition) is 5. The van der Waals surface area contributed by atoms with Crippen molar-refractivity contribution >= 4 is 29.2 Å². The van der Waals surface area contributed by atoms with Crippen molar-refractivity contribution in [2.75, 3.05) is 26.1 Å². The van der Waals surface area contributed by atoms with Gasteiger partial charge in [-0.1, -0.05) is 11.6 Å². The average molecular weight is 368 g/mol. The van der Waals surface area contributed by atoms with E-state index in [-0.39, 0.29) is 10.6 Å². The molecule has 0 unspecified atom stereocenters. The van der Waals surface area contributed by atoms with Crippen LogP contribution in [0.2, 0.25) is 5.02 Å². The van der Waals surface area contributed by atoms with Crippen LogP contribution in [0.5, 0.6) is 11.5 Å². The summed E-state index contributed by atoms with van der Waals surface area (Å²) in [5, 5.41) is 2.35. The first-order valence-corrected chi connectivity index (χ1v) is 7.46. The van der Waals surface area contributed by atoms with Crippen LogP contribution in [0.3, 0.4) is 0 Å². The topological polar surface area (TPSA) is 73.9 Å². The van der Waals surface area contributed by atoms with Gasteiger partial charge >= 0.3 is 5.97 Å². The van der Waals surface area contributed by atoms with E-state index < -0.39 is 24.3 Å². The van der Waals surface area contributed by atoms with Crippen LogP contribution in [0, 0.1) is 5.82 Å². The molecule has 2 rings (SSSR count). The number of benzene rings is 2. The van der Waals surface area contributed by atoms with Crippen LogP contribution in [0.25, 0.3) is 0 Å². The zero-order valence-electron chi connectivity index (χ0n) is 13.5. The number of anilines is 1. The van der Waals surface area contributed by atoms with Gasteiger partial charge in [0.1, 0.15) is 17.3 Å². The lowest BCUT2D eigenvalue weighted by atomic mass is 10.2. The van der Waals surface area contributed by atoms with Gasteiger partial charge in [0.2, 0.25) is 0 Å². The fourth-order valence-electron chi connectivity index (χ4n) is 1.94. The number of carbonyl (C=O) groups excluding carboxylic acids is 2. The van der Waals surface area contributed by atoms with Gasteiger partial charge < -0.3 is 19.5 Å². The van der Waals surface area contributed by atoms with Crippen LogP contribution in [-0.2, 0) is 9.53 Å². The number of methoxy groups -OCH3 is 2. The molecule has 0 aliphatic rings. The molecule has 6 nitrogen and oxygen atoms in total. The van der Waals surface area contributed by atoms with E-state index in [1.165, 1.54) is 20.3 Å². The summed E-state index contributed by atoms with van der Waals surface area (Å²) in [5.41, 5.74) is 0.408. The van der Waals surface area contributed by atoms with Gasteiger partial charge in [0.25, 0.3) is 5.91 Å². The van der Waals surface area contributed by atoms with Gasteiger partial charge in [-0.15, -0.1) is 0 Å². The number of rotatable bonds is 6. The molecule has 1 N–H and O–H groups in total. The van der Waals surface area contributed by atoms with Gasteiger partial charge in [-0.3, -0.25) is 4.79 Å². The first-order valence-electron chi connectivity index (χ1n) is 7.08. The Bertz CT molecular complexity index is 797. The predicted molar refractivity (Wildman–Crippen MR) is 89.9 cm³/mol. The lowest BCUT2D eigenvalue weighted by Gasteiger charge is -2.12. The zero-order valence-corrected chi connectivity index (χ0v) is 14.2. The van der Waals surface area contributed by atoms with Gasteiger partial charge in [0.15, 0.2) is 6.61 Å². The summed E-state index contributed by atoms with van der Waals surface area (Å²) < 4.78 is 28.2. The highest BCUT2D eigenvalue weighted by Gasteiger charge is 2.14. The highest BCUT2D eigenvalue weighted by Crippen LogP contribution is 2.28. The third kappa shape index (κ3) is 4.84. The van der Waals surface area contributed by atoms with Gasteiger partial charge in [-0.2, -0.15) is 0 Å². The van der Waals surface area contributed by atoms with Crippen molar-refractivity contribution in [2.45, 2.75) is 0 Å². The second kappa shape index (κ2) is 8.34. The number of esters is 1. The van der Waals surface area contributed by atoms with Crippen molar-refractivity contribution in [1.29, 1.82) is 0 Å². The van der Waals surface area contributed by atoms with Crippen LogP contribution in [-0.4, -0.2) is 32.7 Å². The molecule has 25 heavy (non-hydrogen) atoms. The fourth-order valence-corrected chi connectivity index (χ4v) is 2.12. The Morgan fingerprint density at radius 3 is 2.52 bits per heavy atom. The van der Waals surface area contributed by atoms with E-state index in [1.807, 2.05) is 0 Å².